The third-order valence-corrected chi connectivity index (χ3v) is 3.26. The minimum atomic E-state index is 0.333. The summed E-state index contributed by atoms with van der Waals surface area (Å²) in [6.07, 6.45) is 3.06. The molecule has 1 aliphatic heterocycles. The second kappa shape index (κ2) is 4.17. The van der Waals surface area contributed by atoms with Crippen molar-refractivity contribution in [3.05, 3.63) is 16.6 Å². The minimum Gasteiger partial charge on any atom is -0.396 e. The Morgan fingerprint density at radius 1 is 1.69 bits per heavy atom. The first-order valence-corrected chi connectivity index (χ1v) is 5.47. The molecule has 0 bridgehead atoms. The van der Waals surface area contributed by atoms with E-state index in [0.717, 1.165) is 26.1 Å². The number of aliphatic hydroxyl groups is 1. The maximum absolute atomic E-state index is 8.97. The summed E-state index contributed by atoms with van der Waals surface area (Å²) in [6, 6.07) is 0. The number of thiazole rings is 1. The summed E-state index contributed by atoms with van der Waals surface area (Å²) in [4.78, 5) is 7.75. The third-order valence-electron chi connectivity index (χ3n) is 2.49. The molecule has 0 aromatic carbocycles. The Kier molecular flexibility index (Phi) is 2.93. The number of aliphatic hydroxyl groups excluding tert-OH is 1. The van der Waals surface area contributed by atoms with Crippen molar-refractivity contribution >= 4 is 11.3 Å². The standard InChI is InChI=1S/C9H14N2OS/c12-6-8-1-2-11(4-8)5-9-3-10-7-13-9/h3,7-8,12H,1-2,4-6H2. The molecule has 1 unspecified atom stereocenters. The zero-order valence-corrected chi connectivity index (χ0v) is 8.33. The van der Waals surface area contributed by atoms with E-state index in [2.05, 4.69) is 9.88 Å². The highest BCUT2D eigenvalue weighted by Crippen LogP contribution is 2.19. The zero-order chi connectivity index (χ0) is 9.10. The van der Waals surface area contributed by atoms with Crippen LogP contribution in [0.5, 0.6) is 0 Å². The van der Waals surface area contributed by atoms with Crippen LogP contribution >= 0.6 is 11.3 Å². The predicted molar refractivity (Wildman–Crippen MR) is 52.6 cm³/mol. The van der Waals surface area contributed by atoms with Gasteiger partial charge in [0.2, 0.25) is 0 Å². The first-order valence-electron chi connectivity index (χ1n) is 4.59. The first-order chi connectivity index (χ1) is 6.38. The topological polar surface area (TPSA) is 36.4 Å². The number of nitrogens with zero attached hydrogens (tertiary/aromatic N) is 2. The summed E-state index contributed by atoms with van der Waals surface area (Å²) >= 11 is 1.70. The quantitative estimate of drug-likeness (QED) is 0.786. The smallest absolute Gasteiger partial charge is 0.0794 e. The Hall–Kier alpha value is -0.450. The van der Waals surface area contributed by atoms with Gasteiger partial charge in [-0.05, 0) is 18.9 Å². The molecule has 13 heavy (non-hydrogen) atoms. The molecule has 0 saturated carbocycles. The van der Waals surface area contributed by atoms with Crippen LogP contribution in [0.1, 0.15) is 11.3 Å². The van der Waals surface area contributed by atoms with Crippen molar-refractivity contribution < 1.29 is 5.11 Å². The second-order valence-corrected chi connectivity index (χ2v) is 4.51. The van der Waals surface area contributed by atoms with Gasteiger partial charge in [-0.25, -0.2) is 0 Å². The average molecular weight is 198 g/mol. The fourth-order valence-electron chi connectivity index (χ4n) is 1.75. The van der Waals surface area contributed by atoms with Crippen molar-refractivity contribution in [1.82, 2.24) is 9.88 Å². The van der Waals surface area contributed by atoms with Crippen LogP contribution in [0.2, 0.25) is 0 Å². The molecule has 4 heteroatoms. The van der Waals surface area contributed by atoms with Gasteiger partial charge < -0.3 is 5.11 Å². The molecular formula is C9H14N2OS. The predicted octanol–water partition coefficient (Wildman–Crippen LogP) is 0.957. The van der Waals surface area contributed by atoms with Crippen molar-refractivity contribution in [2.45, 2.75) is 13.0 Å². The lowest BCUT2D eigenvalue weighted by Crippen LogP contribution is -2.20. The van der Waals surface area contributed by atoms with Crippen LogP contribution < -0.4 is 0 Å². The highest BCUT2D eigenvalue weighted by molar-refractivity contribution is 7.09. The molecule has 1 N–H and O–H groups in total. The van der Waals surface area contributed by atoms with E-state index >= 15 is 0 Å². The minimum absolute atomic E-state index is 0.333. The Morgan fingerprint density at radius 3 is 3.23 bits per heavy atom. The zero-order valence-electron chi connectivity index (χ0n) is 7.52. The number of aromatic nitrogens is 1. The Balaban J connectivity index is 1.84. The molecule has 72 valence electrons. The van der Waals surface area contributed by atoms with Crippen molar-refractivity contribution in [2.24, 2.45) is 5.92 Å². The largest absolute Gasteiger partial charge is 0.396 e. The van der Waals surface area contributed by atoms with E-state index in [1.165, 1.54) is 4.88 Å². The average Bonchev–Trinajstić information content (AvgIpc) is 2.76. The summed E-state index contributed by atoms with van der Waals surface area (Å²) in [7, 11) is 0. The fraction of sp³-hybridized carbons (Fsp3) is 0.667. The molecular weight excluding hydrogens is 184 g/mol. The SMILES string of the molecule is OCC1CCN(Cc2cncs2)C1. The number of rotatable bonds is 3. The van der Waals surface area contributed by atoms with Crippen LogP contribution in [0.4, 0.5) is 0 Å². The van der Waals surface area contributed by atoms with E-state index in [1.54, 1.807) is 11.3 Å². The van der Waals surface area contributed by atoms with Crippen LogP contribution in [0, 0.1) is 5.92 Å². The summed E-state index contributed by atoms with van der Waals surface area (Å²) in [6.45, 7) is 3.48. The third kappa shape index (κ3) is 2.27. The van der Waals surface area contributed by atoms with Crippen LogP contribution in [0.25, 0.3) is 0 Å². The van der Waals surface area contributed by atoms with Crippen LogP contribution in [-0.4, -0.2) is 34.7 Å². The van der Waals surface area contributed by atoms with Crippen molar-refractivity contribution in [3.63, 3.8) is 0 Å². The Labute approximate surface area is 82.0 Å². The van der Waals surface area contributed by atoms with E-state index in [4.69, 9.17) is 5.11 Å². The first kappa shape index (κ1) is 9.12. The van der Waals surface area contributed by atoms with Crippen molar-refractivity contribution in [2.75, 3.05) is 19.7 Å². The summed E-state index contributed by atoms with van der Waals surface area (Å²) in [5, 5.41) is 8.97. The Bertz CT molecular complexity index is 250. The molecule has 0 radical (unpaired) electrons. The Morgan fingerprint density at radius 2 is 2.62 bits per heavy atom. The number of hydrogen-bond acceptors (Lipinski definition) is 4. The molecule has 1 atom stereocenters. The molecule has 2 heterocycles. The maximum Gasteiger partial charge on any atom is 0.0794 e. The molecule has 1 aromatic heterocycles. The van der Waals surface area contributed by atoms with Crippen LogP contribution in [0.3, 0.4) is 0 Å². The van der Waals surface area contributed by atoms with E-state index in [1.807, 2.05) is 11.7 Å². The van der Waals surface area contributed by atoms with Gasteiger partial charge in [-0.1, -0.05) is 0 Å². The molecule has 2 rings (SSSR count). The van der Waals surface area contributed by atoms with Crippen LogP contribution in [0.15, 0.2) is 11.7 Å². The molecule has 0 amide bonds. The molecule has 0 aliphatic carbocycles. The van der Waals surface area contributed by atoms with Gasteiger partial charge >= 0.3 is 0 Å². The summed E-state index contributed by atoms with van der Waals surface area (Å²) < 4.78 is 0. The molecule has 0 spiro atoms. The van der Waals surface area contributed by atoms with Gasteiger partial charge in [-0.3, -0.25) is 9.88 Å². The molecule has 1 fully saturated rings. The van der Waals surface area contributed by atoms with E-state index in [0.29, 0.717) is 12.5 Å². The lowest BCUT2D eigenvalue weighted by Gasteiger charge is -2.13. The molecule has 1 aliphatic rings. The monoisotopic (exact) mass is 198 g/mol. The highest BCUT2D eigenvalue weighted by Gasteiger charge is 2.21. The lowest BCUT2D eigenvalue weighted by molar-refractivity contribution is 0.220. The second-order valence-electron chi connectivity index (χ2n) is 3.54. The summed E-state index contributed by atoms with van der Waals surface area (Å²) in [5.41, 5.74) is 1.87. The van der Waals surface area contributed by atoms with Crippen LogP contribution in [-0.2, 0) is 6.54 Å². The number of likely N-dealkylation sites (tertiary alicyclic amines) is 1. The fourth-order valence-corrected chi connectivity index (χ4v) is 2.38. The van der Waals surface area contributed by atoms with Gasteiger partial charge in [0.1, 0.15) is 0 Å². The lowest BCUT2D eigenvalue weighted by atomic mass is 10.1. The van der Waals surface area contributed by atoms with E-state index in [9.17, 15) is 0 Å². The molecule has 1 aromatic rings. The van der Waals surface area contributed by atoms with Gasteiger partial charge in [0.25, 0.3) is 0 Å². The van der Waals surface area contributed by atoms with E-state index in [-0.39, 0.29) is 0 Å². The summed E-state index contributed by atoms with van der Waals surface area (Å²) in [5.74, 6) is 0.493. The van der Waals surface area contributed by atoms with Gasteiger partial charge in [-0.15, -0.1) is 11.3 Å². The highest BCUT2D eigenvalue weighted by atomic mass is 32.1. The van der Waals surface area contributed by atoms with Crippen molar-refractivity contribution in [1.29, 1.82) is 0 Å². The normalized spacial score (nSPS) is 23.9. The van der Waals surface area contributed by atoms with Gasteiger partial charge in [0.15, 0.2) is 0 Å². The molecule has 1 saturated heterocycles. The number of hydrogen-bond donors (Lipinski definition) is 1. The van der Waals surface area contributed by atoms with E-state index < -0.39 is 0 Å². The maximum atomic E-state index is 8.97. The van der Waals surface area contributed by atoms with Gasteiger partial charge in [-0.2, -0.15) is 0 Å². The van der Waals surface area contributed by atoms with Gasteiger partial charge in [0.05, 0.1) is 5.51 Å². The molecule has 3 nitrogen and oxygen atoms in total. The van der Waals surface area contributed by atoms with Gasteiger partial charge in [0, 0.05) is 30.8 Å². The van der Waals surface area contributed by atoms with Crippen molar-refractivity contribution in [3.8, 4) is 0 Å².